The predicted molar refractivity (Wildman–Crippen MR) is 109 cm³/mol. The van der Waals surface area contributed by atoms with Gasteiger partial charge in [-0.15, -0.1) is 0 Å². The molecule has 2 amide bonds. The van der Waals surface area contributed by atoms with E-state index in [0.29, 0.717) is 0 Å². The van der Waals surface area contributed by atoms with Crippen LogP contribution < -0.4 is 10.6 Å². The zero-order chi connectivity index (χ0) is 19.5. The number of amides is 2. The fourth-order valence-electron chi connectivity index (χ4n) is 5.66. The summed E-state index contributed by atoms with van der Waals surface area (Å²) in [6.45, 7) is 4.91. The zero-order valence-corrected chi connectivity index (χ0v) is 16.3. The highest BCUT2D eigenvalue weighted by Gasteiger charge is 2.65. The molecule has 3 heterocycles. The molecule has 3 unspecified atom stereocenters. The highest BCUT2D eigenvalue weighted by Crippen LogP contribution is 2.55. The van der Waals surface area contributed by atoms with Gasteiger partial charge in [-0.05, 0) is 69.0 Å². The number of hydrogen-bond acceptors (Lipinski definition) is 3. The molecule has 5 rings (SSSR count). The van der Waals surface area contributed by atoms with Gasteiger partial charge >= 0.3 is 0 Å². The monoisotopic (exact) mass is 375 g/mol. The first kappa shape index (κ1) is 17.4. The minimum Gasteiger partial charge on any atom is -0.326 e. The summed E-state index contributed by atoms with van der Waals surface area (Å²) in [6.07, 6.45) is 2.84. The Labute approximate surface area is 165 Å². The number of carbonyl (C=O) groups excluding carboxylic acids is 2. The van der Waals surface area contributed by atoms with E-state index in [9.17, 15) is 9.59 Å². The van der Waals surface area contributed by atoms with Gasteiger partial charge in [0.05, 0.1) is 5.92 Å². The normalized spacial score (nSPS) is 28.3. The lowest BCUT2D eigenvalue weighted by molar-refractivity contribution is -0.135. The fourth-order valence-corrected chi connectivity index (χ4v) is 5.66. The van der Waals surface area contributed by atoms with Gasteiger partial charge in [-0.1, -0.05) is 24.3 Å². The number of para-hydroxylation sites is 1. The quantitative estimate of drug-likeness (QED) is 0.844. The standard InChI is InChI=1S/C23H25N3O2/c1-14-10-15(2)12-16(11-14)24-21(27)19-13-17-6-5-9-26(17)23(19)18-7-3-4-8-20(18)25-22(23)28/h3-4,7-8,10-12,17,19H,5-6,9,13H2,1-2H3,(H,24,27)(H,25,28). The Balaban J connectivity index is 1.57. The van der Waals surface area contributed by atoms with Crippen LogP contribution in [-0.4, -0.2) is 29.3 Å². The van der Waals surface area contributed by atoms with Gasteiger partial charge in [-0.3, -0.25) is 14.5 Å². The lowest BCUT2D eigenvalue weighted by atomic mass is 9.78. The first-order valence-electron chi connectivity index (χ1n) is 10.1. The molecule has 3 aliphatic rings. The molecule has 1 spiro atoms. The third-order valence-electron chi connectivity index (χ3n) is 6.58. The first-order valence-corrected chi connectivity index (χ1v) is 10.1. The van der Waals surface area contributed by atoms with Crippen molar-refractivity contribution in [2.75, 3.05) is 17.2 Å². The van der Waals surface area contributed by atoms with Gasteiger partial charge in [0, 0.05) is 23.0 Å². The lowest BCUT2D eigenvalue weighted by Gasteiger charge is -2.36. The van der Waals surface area contributed by atoms with Crippen LogP contribution in [0, 0.1) is 19.8 Å². The van der Waals surface area contributed by atoms with E-state index in [1.165, 1.54) is 0 Å². The summed E-state index contributed by atoms with van der Waals surface area (Å²) in [4.78, 5) is 29.1. The Morgan fingerprint density at radius 2 is 1.93 bits per heavy atom. The van der Waals surface area contributed by atoms with E-state index >= 15 is 0 Å². The van der Waals surface area contributed by atoms with Crippen molar-refractivity contribution in [3.8, 4) is 0 Å². The van der Waals surface area contributed by atoms with Crippen molar-refractivity contribution in [1.29, 1.82) is 0 Å². The first-order chi connectivity index (χ1) is 13.5. The van der Waals surface area contributed by atoms with E-state index in [-0.39, 0.29) is 17.9 Å². The van der Waals surface area contributed by atoms with Crippen LogP contribution in [0.3, 0.4) is 0 Å². The van der Waals surface area contributed by atoms with Crippen LogP contribution in [-0.2, 0) is 15.1 Å². The van der Waals surface area contributed by atoms with Gasteiger partial charge in [-0.25, -0.2) is 0 Å². The van der Waals surface area contributed by atoms with Crippen LogP contribution in [0.15, 0.2) is 42.5 Å². The Bertz CT molecular complexity index is 965. The average Bonchev–Trinajstić information content (AvgIpc) is 3.29. The molecule has 0 bridgehead atoms. The lowest BCUT2D eigenvalue weighted by Crippen LogP contribution is -2.53. The molecule has 2 saturated heterocycles. The molecule has 2 fully saturated rings. The molecule has 3 atom stereocenters. The SMILES string of the molecule is Cc1cc(C)cc(NC(=O)C2CC3CCCN3C23C(=O)Nc2ccccc23)c1. The van der Waals surface area contributed by atoms with Crippen LogP contribution in [0.1, 0.15) is 36.0 Å². The van der Waals surface area contributed by atoms with Gasteiger partial charge in [0.15, 0.2) is 0 Å². The topological polar surface area (TPSA) is 61.4 Å². The van der Waals surface area contributed by atoms with E-state index in [0.717, 1.165) is 53.9 Å². The summed E-state index contributed by atoms with van der Waals surface area (Å²) in [6, 6.07) is 14.2. The minimum absolute atomic E-state index is 0.0568. The summed E-state index contributed by atoms with van der Waals surface area (Å²) in [5.74, 6) is -0.521. The van der Waals surface area contributed by atoms with Crippen LogP contribution >= 0.6 is 0 Å². The van der Waals surface area contributed by atoms with Gasteiger partial charge in [0.25, 0.3) is 0 Å². The Morgan fingerprint density at radius 3 is 2.71 bits per heavy atom. The van der Waals surface area contributed by atoms with E-state index in [2.05, 4.69) is 21.6 Å². The zero-order valence-electron chi connectivity index (χ0n) is 16.3. The Kier molecular flexibility index (Phi) is 3.85. The smallest absolute Gasteiger partial charge is 0.250 e. The average molecular weight is 375 g/mol. The van der Waals surface area contributed by atoms with Crippen molar-refractivity contribution in [3.05, 3.63) is 59.2 Å². The van der Waals surface area contributed by atoms with Crippen molar-refractivity contribution in [3.63, 3.8) is 0 Å². The number of fused-ring (bicyclic) bond motifs is 4. The summed E-state index contributed by atoms with van der Waals surface area (Å²) in [5.41, 5.74) is 3.92. The second-order valence-corrected chi connectivity index (χ2v) is 8.41. The fraction of sp³-hybridized carbons (Fsp3) is 0.391. The van der Waals surface area contributed by atoms with Gasteiger partial charge in [0.2, 0.25) is 11.8 Å². The van der Waals surface area contributed by atoms with Gasteiger partial charge < -0.3 is 10.6 Å². The third kappa shape index (κ3) is 2.35. The number of hydrogen-bond donors (Lipinski definition) is 2. The van der Waals surface area contributed by atoms with Crippen molar-refractivity contribution >= 4 is 23.2 Å². The summed E-state index contributed by atoms with van der Waals surface area (Å²) < 4.78 is 0. The molecule has 5 nitrogen and oxygen atoms in total. The maximum atomic E-state index is 13.5. The molecule has 0 aliphatic carbocycles. The minimum atomic E-state index is -0.888. The molecule has 28 heavy (non-hydrogen) atoms. The summed E-state index contributed by atoms with van der Waals surface area (Å²) in [7, 11) is 0. The Morgan fingerprint density at radius 1 is 1.18 bits per heavy atom. The highest BCUT2D eigenvalue weighted by atomic mass is 16.2. The number of anilines is 2. The molecule has 2 aromatic carbocycles. The maximum Gasteiger partial charge on any atom is 0.250 e. The van der Waals surface area contributed by atoms with Crippen molar-refractivity contribution in [1.82, 2.24) is 4.90 Å². The van der Waals surface area contributed by atoms with Crippen LogP contribution in [0.5, 0.6) is 0 Å². The largest absolute Gasteiger partial charge is 0.326 e. The number of carbonyl (C=O) groups is 2. The maximum absolute atomic E-state index is 13.5. The summed E-state index contributed by atoms with van der Waals surface area (Å²) in [5, 5.41) is 6.16. The number of rotatable bonds is 2. The number of aryl methyl sites for hydroxylation is 2. The molecule has 0 radical (unpaired) electrons. The molecule has 0 aromatic heterocycles. The predicted octanol–water partition coefficient (Wildman–Crippen LogP) is 3.57. The highest BCUT2D eigenvalue weighted by molar-refractivity contribution is 6.10. The Hall–Kier alpha value is -2.66. The molecular weight excluding hydrogens is 350 g/mol. The van der Waals surface area contributed by atoms with E-state index < -0.39 is 11.5 Å². The summed E-state index contributed by atoms with van der Waals surface area (Å²) >= 11 is 0. The van der Waals surface area contributed by atoms with Crippen molar-refractivity contribution in [2.24, 2.45) is 5.92 Å². The molecular formula is C23H25N3O2. The van der Waals surface area contributed by atoms with Gasteiger partial charge in [-0.2, -0.15) is 0 Å². The molecule has 2 N–H and O–H groups in total. The second kappa shape index (κ2) is 6.17. The van der Waals surface area contributed by atoms with Crippen molar-refractivity contribution in [2.45, 2.75) is 44.7 Å². The van der Waals surface area contributed by atoms with Crippen LogP contribution in [0.2, 0.25) is 0 Å². The molecule has 3 aliphatic heterocycles. The molecule has 144 valence electrons. The second-order valence-electron chi connectivity index (χ2n) is 8.41. The number of benzene rings is 2. The molecule has 0 saturated carbocycles. The molecule has 2 aromatic rings. The van der Waals surface area contributed by atoms with E-state index in [1.54, 1.807) is 0 Å². The van der Waals surface area contributed by atoms with Gasteiger partial charge in [0.1, 0.15) is 5.54 Å². The third-order valence-corrected chi connectivity index (χ3v) is 6.58. The van der Waals surface area contributed by atoms with Crippen LogP contribution in [0.25, 0.3) is 0 Å². The van der Waals surface area contributed by atoms with E-state index in [1.807, 2.05) is 50.2 Å². The van der Waals surface area contributed by atoms with E-state index in [4.69, 9.17) is 0 Å². The molecule has 5 heteroatoms. The number of nitrogens with one attached hydrogen (secondary N) is 2. The van der Waals surface area contributed by atoms with Crippen molar-refractivity contribution < 1.29 is 9.59 Å². The number of nitrogens with zero attached hydrogens (tertiary/aromatic N) is 1. The van der Waals surface area contributed by atoms with Crippen LogP contribution in [0.4, 0.5) is 11.4 Å².